The molecule has 1 aromatic heterocycles. The van der Waals surface area contributed by atoms with E-state index in [1.165, 1.54) is 11.3 Å². The number of hydrogen-bond acceptors (Lipinski definition) is 5. The summed E-state index contributed by atoms with van der Waals surface area (Å²) in [5.41, 5.74) is 2.13. The molecule has 0 spiro atoms. The third-order valence-electron chi connectivity index (χ3n) is 4.34. The number of hydrogen-bond donors (Lipinski definition) is 2. The van der Waals surface area contributed by atoms with Crippen molar-refractivity contribution in [3.8, 4) is 0 Å². The van der Waals surface area contributed by atoms with Gasteiger partial charge in [-0.3, -0.25) is 14.4 Å². The van der Waals surface area contributed by atoms with Gasteiger partial charge in [0.05, 0.1) is 0 Å². The highest BCUT2D eigenvalue weighted by molar-refractivity contribution is 7.07. The first-order valence-corrected chi connectivity index (χ1v) is 9.57. The summed E-state index contributed by atoms with van der Waals surface area (Å²) >= 11 is 1.54. The number of methoxy groups -OCH3 is 1. The molecule has 3 rings (SSSR count). The van der Waals surface area contributed by atoms with E-state index in [-0.39, 0.29) is 18.6 Å². The standard InChI is InChI=1S/C19H21N3O4S/c1-26-16(13-7-9-27-12-13)11-20-18(24)19(25)21-14-4-2-5-15(10-14)22-8-3-6-17(22)23/h2,4-5,7,9-10,12,16H,3,6,8,11H2,1H3,(H,20,24)(H,21,25)/t16-/m0/s1. The van der Waals surface area contributed by atoms with E-state index in [0.717, 1.165) is 12.0 Å². The van der Waals surface area contributed by atoms with Crippen LogP contribution in [0.1, 0.15) is 24.5 Å². The predicted molar refractivity (Wildman–Crippen MR) is 104 cm³/mol. The minimum absolute atomic E-state index is 0.0651. The molecule has 0 bridgehead atoms. The Labute approximate surface area is 161 Å². The van der Waals surface area contributed by atoms with Crippen molar-refractivity contribution in [3.05, 3.63) is 46.7 Å². The SMILES string of the molecule is CO[C@@H](CNC(=O)C(=O)Nc1cccc(N2CCCC2=O)c1)c1ccsc1. The average Bonchev–Trinajstić information content (AvgIpc) is 3.34. The number of carbonyl (C=O) groups excluding carboxylic acids is 3. The van der Waals surface area contributed by atoms with Gasteiger partial charge in [-0.15, -0.1) is 0 Å². The smallest absolute Gasteiger partial charge is 0.313 e. The molecule has 1 saturated heterocycles. The Morgan fingerprint density at radius 2 is 2.15 bits per heavy atom. The van der Waals surface area contributed by atoms with E-state index in [2.05, 4.69) is 10.6 Å². The largest absolute Gasteiger partial charge is 0.375 e. The first-order valence-electron chi connectivity index (χ1n) is 8.63. The van der Waals surface area contributed by atoms with Crippen molar-refractivity contribution in [2.45, 2.75) is 18.9 Å². The third kappa shape index (κ3) is 4.72. The fourth-order valence-corrected chi connectivity index (χ4v) is 3.62. The number of thiophene rings is 1. The Morgan fingerprint density at radius 3 is 2.81 bits per heavy atom. The van der Waals surface area contributed by atoms with Gasteiger partial charge in [0.1, 0.15) is 6.10 Å². The lowest BCUT2D eigenvalue weighted by Gasteiger charge is -2.17. The van der Waals surface area contributed by atoms with E-state index in [4.69, 9.17) is 4.74 Å². The zero-order chi connectivity index (χ0) is 19.2. The molecule has 8 heteroatoms. The second-order valence-corrected chi connectivity index (χ2v) is 6.92. The lowest BCUT2D eigenvalue weighted by molar-refractivity contribution is -0.136. The minimum atomic E-state index is -0.764. The molecule has 0 radical (unpaired) electrons. The molecule has 7 nitrogen and oxygen atoms in total. The third-order valence-corrected chi connectivity index (χ3v) is 5.04. The summed E-state index contributed by atoms with van der Waals surface area (Å²) < 4.78 is 5.35. The number of rotatable bonds is 6. The van der Waals surface area contributed by atoms with E-state index in [1.54, 1.807) is 30.2 Å². The second-order valence-electron chi connectivity index (χ2n) is 6.14. The maximum atomic E-state index is 12.2. The highest BCUT2D eigenvalue weighted by atomic mass is 32.1. The molecule has 1 aliphatic rings. The van der Waals surface area contributed by atoms with Crippen LogP contribution >= 0.6 is 11.3 Å². The van der Waals surface area contributed by atoms with Gasteiger partial charge in [0, 0.05) is 38.0 Å². The molecular weight excluding hydrogens is 366 g/mol. The highest BCUT2D eigenvalue weighted by Crippen LogP contribution is 2.24. The Balaban J connectivity index is 1.56. The monoisotopic (exact) mass is 387 g/mol. The van der Waals surface area contributed by atoms with Gasteiger partial charge in [-0.1, -0.05) is 6.07 Å². The van der Waals surface area contributed by atoms with Crippen LogP contribution in [-0.4, -0.2) is 37.9 Å². The lowest BCUT2D eigenvalue weighted by Crippen LogP contribution is -2.38. The molecule has 27 heavy (non-hydrogen) atoms. The van der Waals surface area contributed by atoms with E-state index in [9.17, 15) is 14.4 Å². The molecule has 1 aromatic carbocycles. The van der Waals surface area contributed by atoms with Crippen molar-refractivity contribution in [2.24, 2.45) is 0 Å². The van der Waals surface area contributed by atoms with E-state index in [0.29, 0.717) is 24.3 Å². The number of nitrogens with zero attached hydrogens (tertiary/aromatic N) is 1. The van der Waals surface area contributed by atoms with Gasteiger partial charge in [-0.05, 0) is 47.0 Å². The molecular formula is C19H21N3O4S. The van der Waals surface area contributed by atoms with Crippen molar-refractivity contribution < 1.29 is 19.1 Å². The highest BCUT2D eigenvalue weighted by Gasteiger charge is 2.22. The fourth-order valence-electron chi connectivity index (χ4n) is 2.92. The Morgan fingerprint density at radius 1 is 1.30 bits per heavy atom. The predicted octanol–water partition coefficient (Wildman–Crippen LogP) is 2.32. The van der Waals surface area contributed by atoms with Gasteiger partial charge in [0.25, 0.3) is 0 Å². The van der Waals surface area contributed by atoms with Crippen LogP contribution in [0.25, 0.3) is 0 Å². The lowest BCUT2D eigenvalue weighted by atomic mass is 10.2. The number of anilines is 2. The van der Waals surface area contributed by atoms with Crippen molar-refractivity contribution >= 4 is 40.4 Å². The maximum Gasteiger partial charge on any atom is 0.313 e. The Hall–Kier alpha value is -2.71. The summed E-state index contributed by atoms with van der Waals surface area (Å²) in [7, 11) is 1.56. The van der Waals surface area contributed by atoms with Gasteiger partial charge in [0.2, 0.25) is 5.91 Å². The van der Waals surface area contributed by atoms with Crippen LogP contribution in [0.2, 0.25) is 0 Å². The van der Waals surface area contributed by atoms with E-state index in [1.807, 2.05) is 22.9 Å². The molecule has 1 atom stereocenters. The number of carbonyl (C=O) groups is 3. The zero-order valence-electron chi connectivity index (χ0n) is 14.9. The van der Waals surface area contributed by atoms with Crippen molar-refractivity contribution in [1.82, 2.24) is 5.32 Å². The van der Waals surface area contributed by atoms with Gasteiger partial charge in [-0.25, -0.2) is 0 Å². The maximum absolute atomic E-state index is 12.2. The van der Waals surface area contributed by atoms with Gasteiger partial charge in [0.15, 0.2) is 0 Å². The number of amides is 3. The van der Waals surface area contributed by atoms with Crippen molar-refractivity contribution in [1.29, 1.82) is 0 Å². The number of nitrogens with one attached hydrogen (secondary N) is 2. The molecule has 2 N–H and O–H groups in total. The first-order chi connectivity index (χ1) is 13.1. The quantitative estimate of drug-likeness (QED) is 0.745. The molecule has 1 fully saturated rings. The summed E-state index contributed by atoms with van der Waals surface area (Å²) in [6.45, 7) is 0.861. The molecule has 2 heterocycles. The second kappa shape index (κ2) is 8.79. The molecule has 0 aliphatic carbocycles. The normalized spacial score (nSPS) is 14.9. The summed E-state index contributed by atoms with van der Waals surface area (Å²) in [6, 6.07) is 8.83. The summed E-state index contributed by atoms with van der Waals surface area (Å²) in [5, 5.41) is 9.01. The number of ether oxygens (including phenoxy) is 1. The molecule has 142 valence electrons. The van der Waals surface area contributed by atoms with E-state index < -0.39 is 11.8 Å². The topological polar surface area (TPSA) is 87.7 Å². The summed E-state index contributed by atoms with van der Waals surface area (Å²) in [6.07, 6.45) is 1.05. The van der Waals surface area contributed by atoms with Crippen LogP contribution in [0.15, 0.2) is 41.1 Å². The van der Waals surface area contributed by atoms with E-state index >= 15 is 0 Å². The number of benzene rings is 1. The van der Waals surface area contributed by atoms with Crippen LogP contribution in [0, 0.1) is 0 Å². The van der Waals surface area contributed by atoms with Gasteiger partial charge >= 0.3 is 11.8 Å². The average molecular weight is 387 g/mol. The van der Waals surface area contributed by atoms with Crippen LogP contribution in [0.4, 0.5) is 11.4 Å². The zero-order valence-corrected chi connectivity index (χ0v) is 15.8. The fraction of sp³-hybridized carbons (Fsp3) is 0.316. The van der Waals surface area contributed by atoms with Gasteiger partial charge in [-0.2, -0.15) is 11.3 Å². The molecule has 0 saturated carbocycles. The minimum Gasteiger partial charge on any atom is -0.375 e. The van der Waals surface area contributed by atoms with Crippen LogP contribution in [0.3, 0.4) is 0 Å². The van der Waals surface area contributed by atoms with Crippen LogP contribution in [-0.2, 0) is 19.1 Å². The van der Waals surface area contributed by atoms with Crippen LogP contribution < -0.4 is 15.5 Å². The molecule has 3 amide bonds. The molecule has 0 unspecified atom stereocenters. The summed E-state index contributed by atoms with van der Waals surface area (Å²) in [4.78, 5) is 37.8. The Bertz CT molecular complexity index is 822. The van der Waals surface area contributed by atoms with Crippen molar-refractivity contribution in [3.63, 3.8) is 0 Å². The molecule has 1 aliphatic heterocycles. The van der Waals surface area contributed by atoms with Gasteiger partial charge < -0.3 is 20.3 Å². The Kier molecular flexibility index (Phi) is 6.20. The van der Waals surface area contributed by atoms with Crippen LogP contribution in [0.5, 0.6) is 0 Å². The first kappa shape index (κ1) is 19.1. The summed E-state index contributed by atoms with van der Waals surface area (Å²) in [5.74, 6) is -1.44. The molecule has 2 aromatic rings. The van der Waals surface area contributed by atoms with Crippen molar-refractivity contribution in [2.75, 3.05) is 30.4 Å².